The summed E-state index contributed by atoms with van der Waals surface area (Å²) >= 11 is 7.17. The second kappa shape index (κ2) is 3.28. The number of thioether (sulfide) groups is 1. The highest BCUT2D eigenvalue weighted by atomic mass is 35.5. The monoisotopic (exact) mass is 189 g/mol. The van der Waals surface area contributed by atoms with Crippen LogP contribution in [0.15, 0.2) is 5.16 Å². The molecule has 60 valence electrons. The number of halogens is 1. The fourth-order valence-corrected chi connectivity index (χ4v) is 1.18. The van der Waals surface area contributed by atoms with Gasteiger partial charge in [-0.25, -0.2) is 9.97 Å². The van der Waals surface area contributed by atoms with Crippen molar-refractivity contribution in [2.75, 3.05) is 12.0 Å². The molecule has 0 amide bonds. The van der Waals surface area contributed by atoms with Crippen LogP contribution in [0, 0.1) is 6.92 Å². The minimum atomic E-state index is 0.432. The lowest BCUT2D eigenvalue weighted by molar-refractivity contribution is 0.964. The summed E-state index contributed by atoms with van der Waals surface area (Å²) in [4.78, 5) is 7.99. The number of hydrogen-bond acceptors (Lipinski definition) is 4. The lowest BCUT2D eigenvalue weighted by Crippen LogP contribution is -1.98. The second-order valence-corrected chi connectivity index (χ2v) is 3.14. The molecular formula is C6H8ClN3S. The van der Waals surface area contributed by atoms with Gasteiger partial charge in [0.1, 0.15) is 11.0 Å². The van der Waals surface area contributed by atoms with Gasteiger partial charge in [-0.1, -0.05) is 23.4 Å². The molecule has 0 unspecified atom stereocenters. The van der Waals surface area contributed by atoms with Crippen LogP contribution in [0.2, 0.25) is 5.15 Å². The van der Waals surface area contributed by atoms with E-state index in [0.717, 1.165) is 5.56 Å². The molecule has 0 atom stereocenters. The predicted molar refractivity (Wildman–Crippen MR) is 48.0 cm³/mol. The molecule has 0 bridgehead atoms. The average Bonchev–Trinajstić information content (AvgIpc) is 1.99. The SMILES string of the molecule is CSc1nc(N)c(C)c(Cl)n1. The van der Waals surface area contributed by atoms with E-state index in [9.17, 15) is 0 Å². The summed E-state index contributed by atoms with van der Waals surface area (Å²) in [5.74, 6) is 0.453. The summed E-state index contributed by atoms with van der Waals surface area (Å²) in [5, 5.41) is 1.04. The van der Waals surface area contributed by atoms with E-state index in [-0.39, 0.29) is 0 Å². The zero-order valence-electron chi connectivity index (χ0n) is 6.26. The third kappa shape index (κ3) is 1.75. The van der Waals surface area contributed by atoms with Gasteiger partial charge >= 0.3 is 0 Å². The highest BCUT2D eigenvalue weighted by molar-refractivity contribution is 7.98. The van der Waals surface area contributed by atoms with Gasteiger partial charge in [0, 0.05) is 5.56 Å². The Balaban J connectivity index is 3.21. The normalized spacial score (nSPS) is 10.1. The van der Waals surface area contributed by atoms with E-state index in [1.807, 2.05) is 6.26 Å². The summed E-state index contributed by atoms with van der Waals surface area (Å²) in [6.45, 7) is 1.79. The molecule has 0 aromatic carbocycles. The summed E-state index contributed by atoms with van der Waals surface area (Å²) in [6.07, 6.45) is 1.88. The summed E-state index contributed by atoms with van der Waals surface area (Å²) in [5.41, 5.74) is 6.29. The number of nitrogens with zero attached hydrogens (tertiary/aromatic N) is 2. The average molecular weight is 190 g/mol. The molecule has 0 saturated carbocycles. The first kappa shape index (κ1) is 8.62. The van der Waals surface area contributed by atoms with Gasteiger partial charge in [0.05, 0.1) is 0 Å². The second-order valence-electron chi connectivity index (χ2n) is 2.01. The molecular weight excluding hydrogens is 182 g/mol. The van der Waals surface area contributed by atoms with Gasteiger partial charge in [-0.3, -0.25) is 0 Å². The number of hydrogen-bond donors (Lipinski definition) is 1. The number of nitrogen functional groups attached to an aromatic ring is 1. The Bertz CT molecular complexity index is 254. The third-order valence-electron chi connectivity index (χ3n) is 1.29. The molecule has 1 aromatic heterocycles. The molecule has 1 rings (SSSR count). The molecule has 0 aliphatic heterocycles. The van der Waals surface area contributed by atoms with E-state index < -0.39 is 0 Å². The van der Waals surface area contributed by atoms with Crippen LogP contribution in [0.25, 0.3) is 0 Å². The Morgan fingerprint density at radius 3 is 2.55 bits per heavy atom. The maximum Gasteiger partial charge on any atom is 0.190 e. The molecule has 0 aliphatic rings. The zero-order valence-corrected chi connectivity index (χ0v) is 7.83. The smallest absolute Gasteiger partial charge is 0.190 e. The summed E-state index contributed by atoms with van der Waals surface area (Å²) in [6, 6.07) is 0. The van der Waals surface area contributed by atoms with Crippen LogP contribution < -0.4 is 5.73 Å². The third-order valence-corrected chi connectivity index (χ3v) is 2.20. The van der Waals surface area contributed by atoms with E-state index in [1.165, 1.54) is 11.8 Å². The van der Waals surface area contributed by atoms with E-state index in [1.54, 1.807) is 6.92 Å². The Kier molecular flexibility index (Phi) is 2.57. The maximum atomic E-state index is 5.75. The van der Waals surface area contributed by atoms with Crippen molar-refractivity contribution in [3.8, 4) is 0 Å². The molecule has 0 radical (unpaired) electrons. The molecule has 0 spiro atoms. The standard InChI is InChI=1S/C6H8ClN3S/c1-3-4(7)9-6(11-2)10-5(3)8/h1-2H3,(H2,8,9,10). The van der Waals surface area contributed by atoms with Gasteiger partial charge < -0.3 is 5.73 Å². The minimum absolute atomic E-state index is 0.432. The van der Waals surface area contributed by atoms with E-state index in [2.05, 4.69) is 9.97 Å². The van der Waals surface area contributed by atoms with Crippen LogP contribution in [0.5, 0.6) is 0 Å². The van der Waals surface area contributed by atoms with Crippen molar-refractivity contribution in [2.24, 2.45) is 0 Å². The molecule has 0 saturated heterocycles. The van der Waals surface area contributed by atoms with Crippen LogP contribution >= 0.6 is 23.4 Å². The van der Waals surface area contributed by atoms with Crippen LogP contribution in [0.3, 0.4) is 0 Å². The van der Waals surface area contributed by atoms with Crippen molar-refractivity contribution in [2.45, 2.75) is 12.1 Å². The van der Waals surface area contributed by atoms with E-state index in [4.69, 9.17) is 17.3 Å². The molecule has 0 aliphatic carbocycles. The summed E-state index contributed by atoms with van der Waals surface area (Å²) in [7, 11) is 0. The topological polar surface area (TPSA) is 51.8 Å². The van der Waals surface area contributed by atoms with E-state index in [0.29, 0.717) is 16.1 Å². The molecule has 0 fully saturated rings. The van der Waals surface area contributed by atoms with Crippen molar-refractivity contribution < 1.29 is 0 Å². The van der Waals surface area contributed by atoms with Crippen molar-refractivity contribution >= 4 is 29.2 Å². The number of rotatable bonds is 1. The highest BCUT2D eigenvalue weighted by Crippen LogP contribution is 2.20. The van der Waals surface area contributed by atoms with Crippen molar-refractivity contribution in [3.63, 3.8) is 0 Å². The fourth-order valence-electron chi connectivity index (χ4n) is 0.577. The molecule has 1 aromatic rings. The van der Waals surface area contributed by atoms with E-state index >= 15 is 0 Å². The molecule has 11 heavy (non-hydrogen) atoms. The molecule has 5 heteroatoms. The zero-order chi connectivity index (χ0) is 8.43. The summed E-state index contributed by atoms with van der Waals surface area (Å²) < 4.78 is 0. The van der Waals surface area contributed by atoms with Gasteiger partial charge in [0.25, 0.3) is 0 Å². The largest absolute Gasteiger partial charge is 0.383 e. The fraction of sp³-hybridized carbons (Fsp3) is 0.333. The number of nitrogens with two attached hydrogens (primary N) is 1. The first-order valence-electron chi connectivity index (χ1n) is 2.98. The lowest BCUT2D eigenvalue weighted by atomic mass is 10.4. The van der Waals surface area contributed by atoms with Crippen molar-refractivity contribution in [3.05, 3.63) is 10.7 Å². The van der Waals surface area contributed by atoms with Crippen molar-refractivity contribution in [1.82, 2.24) is 9.97 Å². The highest BCUT2D eigenvalue weighted by Gasteiger charge is 2.04. The Morgan fingerprint density at radius 1 is 1.45 bits per heavy atom. The van der Waals surface area contributed by atoms with Gasteiger partial charge in [0.2, 0.25) is 0 Å². The first-order valence-corrected chi connectivity index (χ1v) is 4.59. The minimum Gasteiger partial charge on any atom is -0.383 e. The Morgan fingerprint density at radius 2 is 2.09 bits per heavy atom. The predicted octanol–water partition coefficient (Wildman–Crippen LogP) is 1.74. The van der Waals surface area contributed by atoms with Crippen LogP contribution in [-0.2, 0) is 0 Å². The first-order chi connectivity index (χ1) is 5.15. The van der Waals surface area contributed by atoms with Crippen LogP contribution in [0.4, 0.5) is 5.82 Å². The van der Waals surface area contributed by atoms with Gasteiger partial charge in [-0.2, -0.15) is 0 Å². The Hall–Kier alpha value is -0.480. The van der Waals surface area contributed by atoms with Gasteiger partial charge in [-0.15, -0.1) is 0 Å². The lowest BCUT2D eigenvalue weighted by Gasteiger charge is -2.01. The van der Waals surface area contributed by atoms with Crippen molar-refractivity contribution in [1.29, 1.82) is 0 Å². The molecule has 2 N–H and O–H groups in total. The van der Waals surface area contributed by atoms with Gasteiger partial charge in [-0.05, 0) is 13.2 Å². The quantitative estimate of drug-likeness (QED) is 0.416. The van der Waals surface area contributed by atoms with Crippen LogP contribution in [-0.4, -0.2) is 16.2 Å². The number of anilines is 1. The maximum absolute atomic E-state index is 5.75. The molecule has 1 heterocycles. The number of aromatic nitrogens is 2. The molecule has 3 nitrogen and oxygen atoms in total. The Labute approximate surface area is 74.4 Å². The van der Waals surface area contributed by atoms with Gasteiger partial charge in [0.15, 0.2) is 5.16 Å². The van der Waals surface area contributed by atoms with Crippen LogP contribution in [0.1, 0.15) is 5.56 Å².